The van der Waals surface area contributed by atoms with Gasteiger partial charge in [0, 0.05) is 30.2 Å². The molecule has 27 heavy (non-hydrogen) atoms. The number of carbonyl (C=O) groups is 2. The topological polar surface area (TPSA) is 94.3 Å². The second-order valence-corrected chi connectivity index (χ2v) is 6.64. The monoisotopic (exact) mass is 385 g/mol. The van der Waals surface area contributed by atoms with Crippen molar-refractivity contribution in [1.82, 2.24) is 15.5 Å². The molecule has 7 nitrogen and oxygen atoms in total. The second kappa shape index (κ2) is 9.09. The number of rotatable bonds is 8. The lowest BCUT2D eigenvalue weighted by Gasteiger charge is -2.16. The highest BCUT2D eigenvalue weighted by Gasteiger charge is 2.22. The number of aryl methyl sites for hydroxylation is 1. The van der Waals surface area contributed by atoms with Crippen molar-refractivity contribution >= 4 is 23.2 Å². The van der Waals surface area contributed by atoms with Crippen LogP contribution in [-0.2, 0) is 27.2 Å². The molecule has 0 aliphatic rings. The summed E-state index contributed by atoms with van der Waals surface area (Å²) in [6.45, 7) is 0. The number of amides is 1. The van der Waals surface area contributed by atoms with E-state index in [2.05, 4.69) is 15.5 Å². The van der Waals surface area contributed by atoms with Gasteiger partial charge in [0.25, 0.3) is 0 Å². The number of esters is 1. The van der Waals surface area contributed by atoms with Gasteiger partial charge < -0.3 is 14.6 Å². The minimum Gasteiger partial charge on any atom is -0.467 e. The van der Waals surface area contributed by atoms with E-state index in [9.17, 15) is 9.59 Å². The average Bonchev–Trinajstić information content (AvgIpc) is 3.37. The van der Waals surface area contributed by atoms with Crippen LogP contribution in [0.1, 0.15) is 17.9 Å². The van der Waals surface area contributed by atoms with Gasteiger partial charge in [0.05, 0.1) is 7.11 Å². The first-order valence-electron chi connectivity index (χ1n) is 8.42. The van der Waals surface area contributed by atoms with E-state index in [1.54, 1.807) is 11.3 Å². The number of hydrogen-bond acceptors (Lipinski definition) is 7. The van der Waals surface area contributed by atoms with E-state index in [0.29, 0.717) is 24.6 Å². The Morgan fingerprint density at radius 3 is 2.78 bits per heavy atom. The van der Waals surface area contributed by atoms with Gasteiger partial charge in [-0.2, -0.15) is 16.3 Å². The Kier molecular flexibility index (Phi) is 6.32. The van der Waals surface area contributed by atoms with Crippen LogP contribution in [0.15, 0.2) is 51.7 Å². The molecule has 0 bridgehead atoms. The number of thiophene rings is 1. The molecule has 0 saturated carbocycles. The first kappa shape index (κ1) is 18.8. The van der Waals surface area contributed by atoms with Crippen LogP contribution in [0.5, 0.6) is 0 Å². The molecule has 0 aliphatic carbocycles. The summed E-state index contributed by atoms with van der Waals surface area (Å²) in [4.78, 5) is 28.5. The van der Waals surface area contributed by atoms with Crippen LogP contribution in [0.4, 0.5) is 0 Å². The predicted octanol–water partition coefficient (Wildman–Crippen LogP) is 2.63. The Morgan fingerprint density at radius 2 is 2.07 bits per heavy atom. The standard InChI is InChI=1S/C19H19N3O4S/c1-25-19(24)15(11-13-5-3-2-4-6-13)20-16(23)7-8-17-21-18(22-26-17)14-9-10-27-12-14/h2-6,9-10,12,15H,7-8,11H2,1H3,(H,20,23)/t15-/m0/s1. The highest BCUT2D eigenvalue weighted by Crippen LogP contribution is 2.19. The fourth-order valence-corrected chi connectivity index (χ4v) is 3.17. The van der Waals surface area contributed by atoms with Crippen LogP contribution in [0.25, 0.3) is 11.4 Å². The molecule has 0 saturated heterocycles. The number of benzene rings is 1. The van der Waals surface area contributed by atoms with Gasteiger partial charge in [-0.05, 0) is 17.0 Å². The lowest BCUT2D eigenvalue weighted by atomic mass is 10.1. The van der Waals surface area contributed by atoms with E-state index in [4.69, 9.17) is 9.26 Å². The van der Waals surface area contributed by atoms with Crippen molar-refractivity contribution in [2.24, 2.45) is 0 Å². The van der Waals surface area contributed by atoms with E-state index in [-0.39, 0.29) is 12.3 Å². The lowest BCUT2D eigenvalue weighted by molar-refractivity contribution is -0.145. The summed E-state index contributed by atoms with van der Waals surface area (Å²) in [6.07, 6.45) is 0.790. The van der Waals surface area contributed by atoms with Crippen molar-refractivity contribution in [3.63, 3.8) is 0 Å². The molecule has 3 rings (SSSR count). The highest BCUT2D eigenvalue weighted by molar-refractivity contribution is 7.08. The molecule has 0 radical (unpaired) electrons. The summed E-state index contributed by atoms with van der Waals surface area (Å²) in [5.41, 5.74) is 1.82. The summed E-state index contributed by atoms with van der Waals surface area (Å²) in [5.74, 6) is 0.119. The van der Waals surface area contributed by atoms with Gasteiger partial charge in [-0.25, -0.2) is 4.79 Å². The van der Waals surface area contributed by atoms with E-state index in [0.717, 1.165) is 11.1 Å². The first-order chi connectivity index (χ1) is 13.2. The zero-order chi connectivity index (χ0) is 19.1. The second-order valence-electron chi connectivity index (χ2n) is 5.86. The third kappa shape index (κ3) is 5.24. The van der Waals surface area contributed by atoms with Crippen LogP contribution in [0.3, 0.4) is 0 Å². The Hall–Kier alpha value is -3.00. The molecule has 140 valence electrons. The number of carbonyl (C=O) groups excluding carboxylic acids is 2. The molecule has 1 amide bonds. The molecule has 0 fully saturated rings. The normalized spacial score (nSPS) is 11.7. The van der Waals surface area contributed by atoms with Gasteiger partial charge in [-0.1, -0.05) is 35.5 Å². The van der Waals surface area contributed by atoms with Crippen molar-refractivity contribution < 1.29 is 18.8 Å². The van der Waals surface area contributed by atoms with Crippen molar-refractivity contribution in [3.05, 3.63) is 58.6 Å². The molecule has 3 aromatic rings. The molecular weight excluding hydrogens is 366 g/mol. The molecule has 2 heterocycles. The van der Waals surface area contributed by atoms with Crippen molar-refractivity contribution in [1.29, 1.82) is 0 Å². The molecule has 0 spiro atoms. The summed E-state index contributed by atoms with van der Waals surface area (Å²) in [6, 6.07) is 10.6. The summed E-state index contributed by atoms with van der Waals surface area (Å²) in [7, 11) is 1.30. The van der Waals surface area contributed by atoms with Crippen molar-refractivity contribution in [2.75, 3.05) is 7.11 Å². The molecule has 2 aromatic heterocycles. The highest BCUT2D eigenvalue weighted by atomic mass is 32.1. The van der Waals surface area contributed by atoms with Crippen molar-refractivity contribution in [2.45, 2.75) is 25.3 Å². The van der Waals surface area contributed by atoms with Gasteiger partial charge >= 0.3 is 5.97 Å². The average molecular weight is 385 g/mol. The summed E-state index contributed by atoms with van der Waals surface area (Å²) < 4.78 is 9.98. The van der Waals surface area contributed by atoms with Crippen LogP contribution in [0.2, 0.25) is 0 Å². The molecule has 1 N–H and O–H groups in total. The zero-order valence-corrected chi connectivity index (χ0v) is 15.6. The van der Waals surface area contributed by atoms with E-state index < -0.39 is 12.0 Å². The first-order valence-corrected chi connectivity index (χ1v) is 9.36. The zero-order valence-electron chi connectivity index (χ0n) is 14.8. The fraction of sp³-hybridized carbons (Fsp3) is 0.263. The Balaban J connectivity index is 1.55. The number of nitrogens with zero attached hydrogens (tertiary/aromatic N) is 2. The Labute approximate surface area is 160 Å². The number of aromatic nitrogens is 2. The number of hydrogen-bond donors (Lipinski definition) is 1. The summed E-state index contributed by atoms with van der Waals surface area (Å²) >= 11 is 1.54. The Bertz CT molecular complexity index is 878. The molecule has 1 atom stereocenters. The lowest BCUT2D eigenvalue weighted by Crippen LogP contribution is -2.43. The smallest absolute Gasteiger partial charge is 0.328 e. The largest absolute Gasteiger partial charge is 0.467 e. The Morgan fingerprint density at radius 1 is 1.26 bits per heavy atom. The van der Waals surface area contributed by atoms with Gasteiger partial charge in [-0.3, -0.25) is 4.79 Å². The predicted molar refractivity (Wildman–Crippen MR) is 100 cm³/mol. The van der Waals surface area contributed by atoms with Crippen molar-refractivity contribution in [3.8, 4) is 11.4 Å². The van der Waals surface area contributed by atoms with E-state index in [1.165, 1.54) is 7.11 Å². The number of ether oxygens (including phenoxy) is 1. The third-order valence-corrected chi connectivity index (χ3v) is 4.60. The van der Waals surface area contributed by atoms with Gasteiger partial charge in [0.1, 0.15) is 6.04 Å². The van der Waals surface area contributed by atoms with Crippen LogP contribution < -0.4 is 5.32 Å². The molecule has 8 heteroatoms. The van der Waals surface area contributed by atoms with Gasteiger partial charge in [-0.15, -0.1) is 0 Å². The number of methoxy groups -OCH3 is 1. The quantitative estimate of drug-likeness (QED) is 0.599. The fourth-order valence-electron chi connectivity index (χ4n) is 2.54. The van der Waals surface area contributed by atoms with Crippen LogP contribution >= 0.6 is 11.3 Å². The maximum atomic E-state index is 12.3. The summed E-state index contributed by atoms with van der Waals surface area (Å²) in [5, 5.41) is 10.5. The molecule has 0 unspecified atom stereocenters. The maximum absolute atomic E-state index is 12.3. The third-order valence-electron chi connectivity index (χ3n) is 3.92. The minimum absolute atomic E-state index is 0.132. The van der Waals surface area contributed by atoms with Gasteiger partial charge in [0.2, 0.25) is 17.6 Å². The van der Waals surface area contributed by atoms with Gasteiger partial charge in [0.15, 0.2) is 0 Å². The maximum Gasteiger partial charge on any atom is 0.328 e. The molecule has 0 aliphatic heterocycles. The van der Waals surface area contributed by atoms with Crippen LogP contribution in [0, 0.1) is 0 Å². The minimum atomic E-state index is -0.742. The van der Waals surface area contributed by atoms with E-state index >= 15 is 0 Å². The van der Waals surface area contributed by atoms with E-state index in [1.807, 2.05) is 47.2 Å². The number of nitrogens with one attached hydrogen (secondary N) is 1. The molecular formula is C19H19N3O4S. The molecule has 1 aromatic carbocycles. The van der Waals surface area contributed by atoms with Crippen LogP contribution in [-0.4, -0.2) is 35.2 Å². The SMILES string of the molecule is COC(=O)[C@H](Cc1ccccc1)NC(=O)CCc1nc(-c2ccsc2)no1.